The van der Waals surface area contributed by atoms with E-state index in [2.05, 4.69) is 0 Å². The van der Waals surface area contributed by atoms with Crippen LogP contribution in [0, 0.1) is 33.5 Å². The number of nitrogens with zero attached hydrogens (tertiary/aromatic N) is 2. The van der Waals surface area contributed by atoms with Gasteiger partial charge in [-0.15, -0.1) is 0 Å². The molecule has 0 bridgehead atoms. The number of carbonyl (C=O) groups is 2. The maximum absolute atomic E-state index is 12.0. The van der Waals surface area contributed by atoms with E-state index in [0.29, 0.717) is 0 Å². The molecule has 0 saturated carbocycles. The summed E-state index contributed by atoms with van der Waals surface area (Å²) in [6.45, 7) is 1.80. The maximum Gasteiger partial charge on any atom is 0.178 e. The molecule has 4 nitrogen and oxygen atoms in total. The molecule has 4 heteroatoms. The van der Waals surface area contributed by atoms with Crippen molar-refractivity contribution in [1.29, 1.82) is 10.5 Å². The molecule has 17 heavy (non-hydrogen) atoms. The Kier molecular flexibility index (Phi) is 2.26. The van der Waals surface area contributed by atoms with Crippen LogP contribution in [0.1, 0.15) is 19.8 Å². The van der Waals surface area contributed by atoms with Crippen molar-refractivity contribution in [3.05, 3.63) is 23.8 Å². The second-order valence-corrected chi connectivity index (χ2v) is 4.53. The van der Waals surface area contributed by atoms with Gasteiger partial charge in [0, 0.05) is 0 Å². The Morgan fingerprint density at radius 1 is 1.12 bits per heavy atom. The van der Waals surface area contributed by atoms with E-state index < -0.39 is 22.4 Å². The smallest absolute Gasteiger partial charge is 0.178 e. The van der Waals surface area contributed by atoms with Crippen molar-refractivity contribution in [2.24, 2.45) is 10.8 Å². The highest BCUT2D eigenvalue weighted by molar-refractivity contribution is 6.14. The Morgan fingerprint density at radius 2 is 1.65 bits per heavy atom. The lowest BCUT2D eigenvalue weighted by Crippen LogP contribution is -2.53. The molecule has 0 aliphatic heterocycles. The van der Waals surface area contributed by atoms with Crippen molar-refractivity contribution < 1.29 is 9.59 Å². The summed E-state index contributed by atoms with van der Waals surface area (Å²) in [7, 11) is 0. The normalized spacial score (nSPS) is 35.6. The van der Waals surface area contributed by atoms with E-state index >= 15 is 0 Å². The first-order valence-electron chi connectivity index (χ1n) is 5.27. The summed E-state index contributed by atoms with van der Waals surface area (Å²) in [6.07, 6.45) is 4.31. The maximum atomic E-state index is 12.0. The van der Waals surface area contributed by atoms with E-state index in [1.165, 1.54) is 0 Å². The Bertz CT molecular complexity index is 559. The molecular formula is C13H10N2O2. The number of ketones is 2. The molecule has 0 spiro atoms. The molecule has 0 aromatic heterocycles. The highest BCUT2D eigenvalue weighted by Crippen LogP contribution is 2.53. The topological polar surface area (TPSA) is 81.7 Å². The average Bonchev–Trinajstić information content (AvgIpc) is 2.34. The van der Waals surface area contributed by atoms with Crippen LogP contribution in [0.2, 0.25) is 0 Å². The van der Waals surface area contributed by atoms with Gasteiger partial charge in [0.2, 0.25) is 0 Å². The molecule has 0 fully saturated rings. The third-order valence-electron chi connectivity index (χ3n) is 3.64. The fourth-order valence-corrected chi connectivity index (χ4v) is 2.57. The van der Waals surface area contributed by atoms with Crippen LogP contribution in [0.15, 0.2) is 23.8 Å². The summed E-state index contributed by atoms with van der Waals surface area (Å²) in [6, 6.07) is 3.86. The summed E-state index contributed by atoms with van der Waals surface area (Å²) in [5.74, 6) is -0.876. The summed E-state index contributed by atoms with van der Waals surface area (Å²) >= 11 is 0. The molecule has 84 valence electrons. The van der Waals surface area contributed by atoms with Crippen LogP contribution in [-0.2, 0) is 9.59 Å². The second-order valence-electron chi connectivity index (χ2n) is 4.53. The fourth-order valence-electron chi connectivity index (χ4n) is 2.57. The number of rotatable bonds is 0. The lowest BCUT2D eigenvalue weighted by molar-refractivity contribution is -0.137. The summed E-state index contributed by atoms with van der Waals surface area (Å²) in [5.41, 5.74) is -2.20. The van der Waals surface area contributed by atoms with Crippen LogP contribution in [-0.4, -0.2) is 11.6 Å². The summed E-state index contributed by atoms with van der Waals surface area (Å²) in [5, 5.41) is 18.7. The molecule has 0 unspecified atom stereocenters. The zero-order chi connectivity index (χ0) is 12.7. The van der Waals surface area contributed by atoms with E-state index in [1.54, 1.807) is 13.0 Å². The molecule has 0 N–H and O–H groups in total. The van der Waals surface area contributed by atoms with E-state index in [9.17, 15) is 20.1 Å². The molecule has 0 radical (unpaired) electrons. The molecule has 0 amide bonds. The van der Waals surface area contributed by atoms with Gasteiger partial charge in [0.15, 0.2) is 11.6 Å². The highest BCUT2D eigenvalue weighted by Gasteiger charge is 2.63. The minimum atomic E-state index is -1.54. The number of carbonyl (C=O) groups excluding carboxylic acids is 2. The first-order valence-corrected chi connectivity index (χ1v) is 5.27. The summed E-state index contributed by atoms with van der Waals surface area (Å²) in [4.78, 5) is 24.0. The van der Waals surface area contributed by atoms with Crippen molar-refractivity contribution >= 4 is 11.6 Å². The van der Waals surface area contributed by atoms with E-state index in [-0.39, 0.29) is 12.8 Å². The Morgan fingerprint density at radius 3 is 2.18 bits per heavy atom. The van der Waals surface area contributed by atoms with Crippen LogP contribution >= 0.6 is 0 Å². The van der Waals surface area contributed by atoms with E-state index in [1.807, 2.05) is 12.1 Å². The lowest BCUT2D eigenvalue weighted by atomic mass is 9.52. The van der Waals surface area contributed by atoms with Crippen molar-refractivity contribution in [1.82, 2.24) is 0 Å². The van der Waals surface area contributed by atoms with Crippen LogP contribution < -0.4 is 0 Å². The lowest BCUT2D eigenvalue weighted by Gasteiger charge is -2.42. The van der Waals surface area contributed by atoms with Gasteiger partial charge in [0.05, 0.1) is 12.1 Å². The number of nitriles is 2. The standard InChI is InChI=1S/C13H10N2O2/c1-9-4-5-12(7-14)10(16)2-3-11(17)13(12,6-9)8-15/h2-4H,5-6H2,1H3/t12-,13+/m1/s1. The molecule has 0 aromatic rings. The number of allylic oxidation sites excluding steroid dienone is 4. The van der Waals surface area contributed by atoms with Crippen molar-refractivity contribution in [2.75, 3.05) is 0 Å². The first kappa shape index (κ1) is 11.3. The van der Waals surface area contributed by atoms with Gasteiger partial charge >= 0.3 is 0 Å². The minimum Gasteiger partial charge on any atom is -0.293 e. The average molecular weight is 226 g/mol. The predicted molar refractivity (Wildman–Crippen MR) is 58.2 cm³/mol. The van der Waals surface area contributed by atoms with Gasteiger partial charge in [0.25, 0.3) is 0 Å². The molecule has 2 rings (SSSR count). The molecule has 0 aromatic carbocycles. The van der Waals surface area contributed by atoms with Crippen molar-refractivity contribution in [2.45, 2.75) is 19.8 Å². The third-order valence-corrected chi connectivity index (χ3v) is 3.64. The highest BCUT2D eigenvalue weighted by atomic mass is 16.1. The molecule has 2 aliphatic rings. The van der Waals surface area contributed by atoms with Crippen LogP contribution in [0.5, 0.6) is 0 Å². The number of hydrogen-bond acceptors (Lipinski definition) is 4. The van der Waals surface area contributed by atoms with Gasteiger partial charge in [0.1, 0.15) is 10.8 Å². The van der Waals surface area contributed by atoms with E-state index in [0.717, 1.165) is 17.7 Å². The number of fused-ring (bicyclic) bond motifs is 1. The molecular weight excluding hydrogens is 216 g/mol. The van der Waals surface area contributed by atoms with Gasteiger partial charge in [-0.05, 0) is 31.9 Å². The second kappa shape index (κ2) is 3.40. The third kappa shape index (κ3) is 1.15. The van der Waals surface area contributed by atoms with Crippen LogP contribution in [0.25, 0.3) is 0 Å². The van der Waals surface area contributed by atoms with Crippen molar-refractivity contribution in [3.8, 4) is 12.1 Å². The van der Waals surface area contributed by atoms with Crippen LogP contribution in [0.4, 0.5) is 0 Å². The van der Waals surface area contributed by atoms with Gasteiger partial charge in [-0.25, -0.2) is 0 Å². The van der Waals surface area contributed by atoms with Gasteiger partial charge in [-0.2, -0.15) is 10.5 Å². The van der Waals surface area contributed by atoms with Gasteiger partial charge < -0.3 is 0 Å². The fraction of sp³-hybridized carbons (Fsp3) is 0.385. The zero-order valence-electron chi connectivity index (χ0n) is 9.36. The monoisotopic (exact) mass is 226 g/mol. The largest absolute Gasteiger partial charge is 0.293 e. The minimum absolute atomic E-state index is 0.137. The number of hydrogen-bond donors (Lipinski definition) is 0. The van der Waals surface area contributed by atoms with Crippen LogP contribution in [0.3, 0.4) is 0 Å². The first-order chi connectivity index (χ1) is 8.02. The quantitative estimate of drug-likeness (QED) is 0.585. The molecule has 2 aliphatic carbocycles. The predicted octanol–water partition coefficient (Wildman–Crippen LogP) is 1.45. The van der Waals surface area contributed by atoms with Crippen molar-refractivity contribution in [3.63, 3.8) is 0 Å². The molecule has 0 saturated heterocycles. The SMILES string of the molecule is CC1=CC[C@@]2(C#N)C(=O)C=CC(=O)[C@@]2(C#N)C1. The van der Waals surface area contributed by atoms with Gasteiger partial charge in [-0.1, -0.05) is 11.6 Å². The zero-order valence-corrected chi connectivity index (χ0v) is 9.36. The Labute approximate surface area is 98.8 Å². The summed E-state index contributed by atoms with van der Waals surface area (Å²) < 4.78 is 0. The van der Waals surface area contributed by atoms with E-state index in [4.69, 9.17) is 0 Å². The molecule has 2 atom stereocenters. The van der Waals surface area contributed by atoms with Gasteiger partial charge in [-0.3, -0.25) is 9.59 Å². The Hall–Kier alpha value is -2.20. The molecule has 0 heterocycles. The Balaban J connectivity index is 2.76.